The van der Waals surface area contributed by atoms with Gasteiger partial charge in [-0.25, -0.2) is 4.98 Å². The third-order valence-electron chi connectivity index (χ3n) is 4.73. The van der Waals surface area contributed by atoms with E-state index in [-0.39, 0.29) is 11.8 Å². The molecule has 6 heteroatoms. The van der Waals surface area contributed by atoms with Crippen molar-refractivity contribution in [2.24, 2.45) is 10.9 Å². The third kappa shape index (κ3) is 3.87. The van der Waals surface area contributed by atoms with E-state index in [1.54, 1.807) is 6.20 Å². The molecule has 2 aliphatic heterocycles. The van der Waals surface area contributed by atoms with Crippen LogP contribution >= 0.6 is 11.6 Å². The van der Waals surface area contributed by atoms with E-state index < -0.39 is 0 Å². The summed E-state index contributed by atoms with van der Waals surface area (Å²) in [5.74, 6) is 1.17. The van der Waals surface area contributed by atoms with E-state index in [1.165, 1.54) is 0 Å². The average molecular weight is 361 g/mol. The van der Waals surface area contributed by atoms with Gasteiger partial charge in [-0.05, 0) is 25.0 Å². The van der Waals surface area contributed by atoms with Crippen LogP contribution in [0.5, 0.6) is 0 Å². The number of piperazine rings is 1. The van der Waals surface area contributed by atoms with E-state index in [0.717, 1.165) is 61.8 Å². The monoisotopic (exact) mass is 360 g/mol. The fourth-order valence-corrected chi connectivity index (χ4v) is 3.47. The SMILES string of the molecule is CC1=CCCN=C1c1cc(N2CCN(C(=O)C(C)C)CC2)ncc1Cl. The Balaban J connectivity index is 1.77. The van der Waals surface area contributed by atoms with E-state index in [1.807, 2.05) is 24.8 Å². The van der Waals surface area contributed by atoms with Gasteiger partial charge in [0.05, 0.1) is 10.7 Å². The third-order valence-corrected chi connectivity index (χ3v) is 5.03. The maximum absolute atomic E-state index is 12.1. The van der Waals surface area contributed by atoms with Gasteiger partial charge in [-0.15, -0.1) is 0 Å². The first-order valence-corrected chi connectivity index (χ1v) is 9.26. The number of halogens is 1. The lowest BCUT2D eigenvalue weighted by Crippen LogP contribution is -2.50. The van der Waals surface area contributed by atoms with E-state index in [9.17, 15) is 4.79 Å². The Labute approximate surface area is 154 Å². The number of aromatic nitrogens is 1. The Bertz CT molecular complexity index is 718. The van der Waals surface area contributed by atoms with Crippen LogP contribution in [-0.2, 0) is 4.79 Å². The Kier molecular flexibility index (Phi) is 5.42. The van der Waals surface area contributed by atoms with Gasteiger partial charge in [-0.2, -0.15) is 0 Å². The van der Waals surface area contributed by atoms with Gasteiger partial charge in [0.25, 0.3) is 0 Å². The highest BCUT2D eigenvalue weighted by Gasteiger charge is 2.24. The summed E-state index contributed by atoms with van der Waals surface area (Å²) in [6.07, 6.45) is 4.90. The van der Waals surface area contributed by atoms with Gasteiger partial charge in [0.2, 0.25) is 5.91 Å². The van der Waals surface area contributed by atoms with Crippen molar-refractivity contribution in [1.82, 2.24) is 9.88 Å². The molecule has 5 nitrogen and oxygen atoms in total. The van der Waals surface area contributed by atoms with Crippen LogP contribution in [-0.4, -0.2) is 54.2 Å². The number of amides is 1. The molecular formula is C19H25ClN4O. The molecule has 0 aliphatic carbocycles. The molecule has 0 bridgehead atoms. The second-order valence-electron chi connectivity index (χ2n) is 6.90. The zero-order chi connectivity index (χ0) is 18.0. The van der Waals surface area contributed by atoms with Crippen molar-refractivity contribution in [3.8, 4) is 0 Å². The number of dihydropyridines is 1. The van der Waals surface area contributed by atoms with Crippen LogP contribution in [0.4, 0.5) is 5.82 Å². The van der Waals surface area contributed by atoms with Crippen LogP contribution in [0, 0.1) is 5.92 Å². The highest BCUT2D eigenvalue weighted by Crippen LogP contribution is 2.26. The van der Waals surface area contributed by atoms with Gasteiger partial charge in [0.1, 0.15) is 5.82 Å². The number of nitrogens with zero attached hydrogens (tertiary/aromatic N) is 4. The zero-order valence-corrected chi connectivity index (χ0v) is 15.9. The average Bonchev–Trinajstić information content (AvgIpc) is 2.62. The summed E-state index contributed by atoms with van der Waals surface area (Å²) in [6.45, 7) is 9.81. The second kappa shape index (κ2) is 7.56. The first kappa shape index (κ1) is 17.9. The summed E-state index contributed by atoms with van der Waals surface area (Å²) < 4.78 is 0. The van der Waals surface area contributed by atoms with Gasteiger partial charge in [-0.1, -0.05) is 31.5 Å². The molecule has 0 N–H and O–H groups in total. The molecule has 0 radical (unpaired) electrons. The van der Waals surface area contributed by atoms with Crippen molar-refractivity contribution < 1.29 is 4.79 Å². The summed E-state index contributed by atoms with van der Waals surface area (Å²) in [5, 5.41) is 0.630. The van der Waals surface area contributed by atoms with Gasteiger partial charge < -0.3 is 9.80 Å². The summed E-state index contributed by atoms with van der Waals surface area (Å²) in [4.78, 5) is 25.4. The minimum absolute atomic E-state index is 0.0471. The molecule has 0 unspecified atom stereocenters. The maximum Gasteiger partial charge on any atom is 0.225 e. The number of hydrogen-bond donors (Lipinski definition) is 0. The predicted octanol–water partition coefficient (Wildman–Crippen LogP) is 3.18. The Hall–Kier alpha value is -1.88. The first-order chi connectivity index (χ1) is 12.0. The highest BCUT2D eigenvalue weighted by atomic mass is 35.5. The number of pyridine rings is 1. The molecule has 0 atom stereocenters. The summed E-state index contributed by atoms with van der Waals surface area (Å²) in [5.41, 5.74) is 3.08. The minimum Gasteiger partial charge on any atom is -0.353 e. The van der Waals surface area contributed by atoms with E-state index in [4.69, 9.17) is 11.6 Å². The van der Waals surface area contributed by atoms with Gasteiger partial charge >= 0.3 is 0 Å². The predicted molar refractivity (Wildman–Crippen MR) is 103 cm³/mol. The second-order valence-corrected chi connectivity index (χ2v) is 7.30. The molecule has 1 amide bonds. The molecule has 0 saturated carbocycles. The smallest absolute Gasteiger partial charge is 0.225 e. The standard InChI is InChI=1S/C19H25ClN4O/c1-13(2)19(25)24-9-7-23(8-10-24)17-11-15(16(20)12-22-17)18-14(3)5-4-6-21-18/h5,11-13H,4,6-10H2,1-3H3. The van der Waals surface area contributed by atoms with Crippen LogP contribution in [0.2, 0.25) is 5.02 Å². The number of aliphatic imine (C=N–C) groups is 1. The van der Waals surface area contributed by atoms with Crippen LogP contribution in [0.25, 0.3) is 0 Å². The Morgan fingerprint density at radius 3 is 2.60 bits per heavy atom. The van der Waals surface area contributed by atoms with Crippen molar-refractivity contribution in [1.29, 1.82) is 0 Å². The van der Waals surface area contributed by atoms with Crippen molar-refractivity contribution >= 4 is 29.0 Å². The number of carbonyl (C=O) groups excluding carboxylic acids is 1. The van der Waals surface area contributed by atoms with Gasteiger partial charge in [0.15, 0.2) is 0 Å². The molecule has 2 aliphatic rings. The van der Waals surface area contributed by atoms with E-state index in [2.05, 4.69) is 27.9 Å². The Morgan fingerprint density at radius 1 is 1.24 bits per heavy atom. The molecule has 3 rings (SSSR count). The summed E-state index contributed by atoms with van der Waals surface area (Å²) in [7, 11) is 0. The number of allylic oxidation sites excluding steroid dienone is 1. The molecule has 1 aromatic heterocycles. The molecule has 1 saturated heterocycles. The van der Waals surface area contributed by atoms with Crippen molar-refractivity contribution in [2.75, 3.05) is 37.6 Å². The van der Waals surface area contributed by atoms with Crippen LogP contribution < -0.4 is 4.90 Å². The van der Waals surface area contributed by atoms with Crippen LogP contribution in [0.15, 0.2) is 28.9 Å². The molecule has 134 valence electrons. The quantitative estimate of drug-likeness (QED) is 0.831. The van der Waals surface area contributed by atoms with Crippen molar-refractivity contribution in [3.05, 3.63) is 34.5 Å². The zero-order valence-electron chi connectivity index (χ0n) is 15.1. The fraction of sp³-hybridized carbons (Fsp3) is 0.526. The normalized spacial score (nSPS) is 18.3. The van der Waals surface area contributed by atoms with Crippen molar-refractivity contribution in [2.45, 2.75) is 27.2 Å². The summed E-state index contributed by atoms with van der Waals surface area (Å²) in [6, 6.07) is 2.03. The minimum atomic E-state index is 0.0471. The van der Waals surface area contributed by atoms with E-state index >= 15 is 0 Å². The molecule has 1 fully saturated rings. The van der Waals surface area contributed by atoms with Crippen molar-refractivity contribution in [3.63, 3.8) is 0 Å². The maximum atomic E-state index is 12.1. The lowest BCUT2D eigenvalue weighted by atomic mass is 10.0. The molecule has 3 heterocycles. The Morgan fingerprint density at radius 2 is 1.96 bits per heavy atom. The largest absolute Gasteiger partial charge is 0.353 e. The van der Waals surface area contributed by atoms with Crippen LogP contribution in [0.3, 0.4) is 0 Å². The molecule has 0 aromatic carbocycles. The molecule has 0 spiro atoms. The summed E-state index contributed by atoms with van der Waals surface area (Å²) >= 11 is 6.39. The number of rotatable bonds is 3. The molecule has 1 aromatic rings. The first-order valence-electron chi connectivity index (χ1n) is 8.88. The van der Waals surface area contributed by atoms with Gasteiger partial charge in [0, 0.05) is 50.4 Å². The lowest BCUT2D eigenvalue weighted by Gasteiger charge is -2.36. The number of anilines is 1. The number of carbonyl (C=O) groups is 1. The van der Waals surface area contributed by atoms with Crippen LogP contribution in [0.1, 0.15) is 32.8 Å². The topological polar surface area (TPSA) is 48.8 Å². The highest BCUT2D eigenvalue weighted by molar-refractivity contribution is 6.35. The fourth-order valence-electron chi connectivity index (χ4n) is 3.28. The van der Waals surface area contributed by atoms with E-state index in [0.29, 0.717) is 5.02 Å². The molecular weight excluding hydrogens is 336 g/mol. The lowest BCUT2D eigenvalue weighted by molar-refractivity contribution is -0.134. The number of hydrogen-bond acceptors (Lipinski definition) is 4. The molecule has 25 heavy (non-hydrogen) atoms. The van der Waals surface area contributed by atoms with Gasteiger partial charge in [-0.3, -0.25) is 9.79 Å².